The smallest absolute Gasteiger partial charge is 0.271 e. The summed E-state index contributed by atoms with van der Waals surface area (Å²) in [4.78, 5) is 19.4. The Morgan fingerprint density at radius 3 is 2.14 bits per heavy atom. The number of hydrogen-bond donors (Lipinski definition) is 2. The van der Waals surface area contributed by atoms with Crippen LogP contribution in [0.3, 0.4) is 0 Å². The Hall–Kier alpha value is -2.52. The molecule has 0 bridgehead atoms. The third kappa shape index (κ3) is 5.27. The number of rotatable bonds is 9. The van der Waals surface area contributed by atoms with Gasteiger partial charge in [-0.3, -0.25) is 4.79 Å². The van der Waals surface area contributed by atoms with Gasteiger partial charge in [0.2, 0.25) is 0 Å². The molecule has 4 rings (SSSR count). The zero-order valence-corrected chi connectivity index (χ0v) is 23.6. The lowest BCUT2D eigenvalue weighted by molar-refractivity contribution is 0.0892. The fourth-order valence-electron chi connectivity index (χ4n) is 4.79. The van der Waals surface area contributed by atoms with E-state index in [2.05, 4.69) is 96.6 Å². The molecular formula is C28H37N3O3SSi. The summed E-state index contributed by atoms with van der Waals surface area (Å²) in [5.41, 5.74) is 0.394. The largest absolute Gasteiger partial charge is 0.401 e. The Kier molecular flexibility index (Phi) is 7.99. The molecule has 1 aliphatic rings. The van der Waals surface area contributed by atoms with Gasteiger partial charge in [-0.1, -0.05) is 95.3 Å². The summed E-state index contributed by atoms with van der Waals surface area (Å²) >= 11 is 1.47. The highest BCUT2D eigenvalue weighted by Gasteiger charge is 2.52. The van der Waals surface area contributed by atoms with Gasteiger partial charge in [-0.05, 0) is 21.3 Å². The molecule has 1 fully saturated rings. The minimum atomic E-state index is -2.59. The third-order valence-electron chi connectivity index (χ3n) is 6.92. The molecule has 1 aromatic heterocycles. The molecule has 0 spiro atoms. The summed E-state index contributed by atoms with van der Waals surface area (Å²) in [6.07, 6.45) is 0.0807. The minimum absolute atomic E-state index is 0.0672. The fourth-order valence-corrected chi connectivity index (χ4v) is 10.3. The lowest BCUT2D eigenvalue weighted by Gasteiger charge is -2.49. The molecule has 192 valence electrons. The predicted octanol–water partition coefficient (Wildman–Crippen LogP) is 3.66. The van der Waals surface area contributed by atoms with E-state index in [-0.39, 0.29) is 35.6 Å². The maximum atomic E-state index is 12.6. The Bertz CT molecular complexity index is 1100. The first-order valence-electron chi connectivity index (χ1n) is 12.6. The van der Waals surface area contributed by atoms with Crippen molar-refractivity contribution in [2.75, 3.05) is 24.6 Å². The van der Waals surface area contributed by atoms with Gasteiger partial charge < -0.3 is 19.7 Å². The minimum Gasteiger partial charge on any atom is -0.401 e. The summed E-state index contributed by atoms with van der Waals surface area (Å²) in [6.45, 7) is 12.2. The molecule has 0 radical (unpaired) electrons. The molecule has 3 aromatic rings. The van der Waals surface area contributed by atoms with Crippen LogP contribution in [0.2, 0.25) is 5.04 Å². The second-order valence-electron chi connectivity index (χ2n) is 10.8. The second kappa shape index (κ2) is 10.8. The molecule has 1 atom stereocenters. The van der Waals surface area contributed by atoms with E-state index in [0.29, 0.717) is 5.69 Å². The molecule has 0 aliphatic carbocycles. The lowest BCUT2D eigenvalue weighted by Crippen LogP contribution is -2.70. The molecule has 0 unspecified atom stereocenters. The maximum absolute atomic E-state index is 12.6. The van der Waals surface area contributed by atoms with Crippen LogP contribution in [0.1, 0.15) is 45.1 Å². The van der Waals surface area contributed by atoms with Crippen LogP contribution < -0.4 is 20.6 Å². The van der Waals surface area contributed by atoms with Gasteiger partial charge in [0.25, 0.3) is 14.2 Å². The maximum Gasteiger partial charge on any atom is 0.271 e. The number of nitrogens with zero attached hydrogens (tertiary/aromatic N) is 2. The molecule has 2 aromatic carbocycles. The number of nitrogens with one attached hydrogen (secondary N) is 1. The first kappa shape index (κ1) is 26.5. The van der Waals surface area contributed by atoms with Crippen LogP contribution in [0, 0.1) is 5.92 Å². The van der Waals surface area contributed by atoms with Crippen molar-refractivity contribution in [3.05, 3.63) is 71.7 Å². The van der Waals surface area contributed by atoms with Gasteiger partial charge in [0.1, 0.15) is 5.69 Å². The van der Waals surface area contributed by atoms with E-state index in [4.69, 9.17) is 4.43 Å². The molecule has 0 saturated carbocycles. The predicted molar refractivity (Wildman–Crippen MR) is 150 cm³/mol. The summed E-state index contributed by atoms with van der Waals surface area (Å²) in [7, 11) is -2.59. The number of aliphatic hydroxyl groups is 1. The molecule has 6 nitrogen and oxygen atoms in total. The highest BCUT2D eigenvalue weighted by molar-refractivity contribution is 7.14. The lowest BCUT2D eigenvalue weighted by atomic mass is 10.1. The normalized spacial score (nSPS) is 15.6. The topological polar surface area (TPSA) is 74.7 Å². The van der Waals surface area contributed by atoms with Crippen LogP contribution in [0.25, 0.3) is 0 Å². The number of aromatic nitrogens is 1. The summed E-state index contributed by atoms with van der Waals surface area (Å²) in [5.74, 6) is -0.0993. The number of aliphatic hydroxyl groups excluding tert-OH is 1. The van der Waals surface area contributed by atoms with E-state index >= 15 is 0 Å². The van der Waals surface area contributed by atoms with Crippen LogP contribution in [-0.4, -0.2) is 56.2 Å². The first-order valence-corrected chi connectivity index (χ1v) is 15.4. The quantitative estimate of drug-likeness (QED) is 0.419. The van der Waals surface area contributed by atoms with Crippen molar-refractivity contribution in [1.82, 2.24) is 10.3 Å². The van der Waals surface area contributed by atoms with Crippen molar-refractivity contribution < 1.29 is 14.3 Å². The average molecular weight is 524 g/mol. The highest BCUT2D eigenvalue weighted by atomic mass is 32.1. The van der Waals surface area contributed by atoms with Gasteiger partial charge >= 0.3 is 0 Å². The van der Waals surface area contributed by atoms with Gasteiger partial charge in [0, 0.05) is 18.5 Å². The Labute approximate surface area is 219 Å². The number of hydrogen-bond acceptors (Lipinski definition) is 6. The number of thiazole rings is 1. The van der Waals surface area contributed by atoms with Crippen molar-refractivity contribution in [2.45, 2.75) is 51.8 Å². The number of amides is 1. The van der Waals surface area contributed by atoms with Crippen molar-refractivity contribution in [2.24, 2.45) is 5.92 Å². The van der Waals surface area contributed by atoms with E-state index in [0.717, 1.165) is 18.2 Å². The highest BCUT2D eigenvalue weighted by Crippen LogP contribution is 2.39. The van der Waals surface area contributed by atoms with Crippen LogP contribution in [-0.2, 0) is 4.43 Å². The Morgan fingerprint density at radius 2 is 1.67 bits per heavy atom. The number of benzene rings is 2. The molecule has 2 N–H and O–H groups in total. The van der Waals surface area contributed by atoms with Gasteiger partial charge in [-0.25, -0.2) is 4.98 Å². The van der Waals surface area contributed by atoms with Gasteiger partial charge in [-0.15, -0.1) is 11.3 Å². The van der Waals surface area contributed by atoms with Gasteiger partial charge in [0.05, 0.1) is 18.8 Å². The van der Waals surface area contributed by atoms with E-state index in [1.54, 1.807) is 5.38 Å². The molecule has 8 heteroatoms. The van der Waals surface area contributed by atoms with Crippen LogP contribution in [0.4, 0.5) is 5.13 Å². The van der Waals surface area contributed by atoms with Crippen LogP contribution in [0.15, 0.2) is 66.0 Å². The molecule has 1 saturated heterocycles. The molecule has 2 heterocycles. The number of carbonyl (C=O) groups is 1. The Balaban J connectivity index is 1.51. The molecule has 1 amide bonds. The number of carbonyl (C=O) groups excluding carboxylic acids is 1. The average Bonchev–Trinajstić information content (AvgIpc) is 3.32. The first-order chi connectivity index (χ1) is 17.2. The van der Waals surface area contributed by atoms with Crippen molar-refractivity contribution in [3.63, 3.8) is 0 Å². The third-order valence-corrected chi connectivity index (χ3v) is 12.9. The monoisotopic (exact) mass is 523 g/mol. The molecular weight excluding hydrogens is 486 g/mol. The van der Waals surface area contributed by atoms with E-state index in [1.807, 2.05) is 13.8 Å². The van der Waals surface area contributed by atoms with E-state index in [9.17, 15) is 9.90 Å². The zero-order valence-electron chi connectivity index (χ0n) is 21.8. The standard InChI is InChI=1S/C28H37N3O3SSi/c1-20(2)24(18-32)29-26(33)25-19-35-27(30-25)31-16-21(17-31)34-36(28(3,4)5,22-12-8-6-9-13-22)23-14-10-7-11-15-23/h6-15,19-21,24,32H,16-18H2,1-5H3,(H,29,33)/t24-/m1/s1. The molecule has 36 heavy (non-hydrogen) atoms. The van der Waals surface area contributed by atoms with Crippen molar-refractivity contribution in [3.8, 4) is 0 Å². The summed E-state index contributed by atoms with van der Waals surface area (Å²) in [5, 5.41) is 17.5. The second-order valence-corrected chi connectivity index (χ2v) is 15.9. The Morgan fingerprint density at radius 1 is 1.11 bits per heavy atom. The van der Waals surface area contributed by atoms with Gasteiger partial charge in [-0.2, -0.15) is 0 Å². The van der Waals surface area contributed by atoms with Crippen LogP contribution >= 0.6 is 11.3 Å². The van der Waals surface area contributed by atoms with Crippen molar-refractivity contribution in [1.29, 1.82) is 0 Å². The number of anilines is 1. The summed E-state index contributed by atoms with van der Waals surface area (Å²) < 4.78 is 7.18. The van der Waals surface area contributed by atoms with E-state index in [1.165, 1.54) is 21.7 Å². The van der Waals surface area contributed by atoms with Crippen molar-refractivity contribution >= 4 is 41.1 Å². The SMILES string of the molecule is CC(C)[C@@H](CO)NC(=O)c1csc(N2CC(O[Si](c3ccccc3)(c3ccccc3)C(C)(C)C)C2)n1. The summed E-state index contributed by atoms with van der Waals surface area (Å²) in [6, 6.07) is 21.1. The van der Waals surface area contributed by atoms with Crippen LogP contribution in [0.5, 0.6) is 0 Å². The van der Waals surface area contributed by atoms with E-state index < -0.39 is 8.32 Å². The fraction of sp³-hybridized carbons (Fsp3) is 0.429. The zero-order chi connectivity index (χ0) is 25.9. The van der Waals surface area contributed by atoms with Gasteiger partial charge in [0.15, 0.2) is 5.13 Å². The molecule has 1 aliphatic heterocycles.